The first-order valence-electron chi connectivity index (χ1n) is 4.82. The average molecular weight is 306 g/mol. The molecule has 92 valence electrons. The Morgan fingerprint density at radius 1 is 1.32 bits per heavy atom. The van der Waals surface area contributed by atoms with E-state index in [9.17, 15) is 14.3 Å². The van der Waals surface area contributed by atoms with Crippen LogP contribution in [0, 0.1) is 5.82 Å². The number of halogens is 2. The van der Waals surface area contributed by atoms with Crippen molar-refractivity contribution in [1.82, 2.24) is 9.97 Å². The van der Waals surface area contributed by atoms with Gasteiger partial charge in [-0.3, -0.25) is 0 Å². The van der Waals surface area contributed by atoms with Gasteiger partial charge in [0, 0.05) is 18.1 Å². The molecule has 0 fully saturated rings. The molecule has 19 heavy (non-hydrogen) atoms. The van der Waals surface area contributed by atoms with Gasteiger partial charge < -0.3 is 15.2 Å². The van der Waals surface area contributed by atoms with Gasteiger partial charge in [0.05, 0.1) is 11.0 Å². The SMILES string of the molecule is O=C([O-])c1nccnc1Nc1ccc(F)c(Cl)c1.[K+]. The number of hydrogen-bond acceptors (Lipinski definition) is 5. The molecule has 5 nitrogen and oxygen atoms in total. The van der Waals surface area contributed by atoms with E-state index in [1.54, 1.807) is 0 Å². The molecule has 1 aromatic carbocycles. The second kappa shape index (κ2) is 7.27. The third-order valence-corrected chi connectivity index (χ3v) is 2.36. The van der Waals surface area contributed by atoms with Gasteiger partial charge in [0.25, 0.3) is 0 Å². The summed E-state index contributed by atoms with van der Waals surface area (Å²) in [6.07, 6.45) is 2.55. The van der Waals surface area contributed by atoms with Crippen molar-refractivity contribution in [1.29, 1.82) is 0 Å². The van der Waals surface area contributed by atoms with Gasteiger partial charge in [-0.25, -0.2) is 14.4 Å². The number of nitrogens with one attached hydrogen (secondary N) is 1. The Balaban J connectivity index is 0.00000180. The molecule has 0 saturated heterocycles. The summed E-state index contributed by atoms with van der Waals surface area (Å²) in [5, 5.41) is 13.4. The van der Waals surface area contributed by atoms with Crippen molar-refractivity contribution in [2.24, 2.45) is 0 Å². The van der Waals surface area contributed by atoms with Crippen molar-refractivity contribution in [3.8, 4) is 0 Å². The number of benzene rings is 1. The van der Waals surface area contributed by atoms with Crippen LogP contribution in [0.15, 0.2) is 30.6 Å². The molecule has 8 heteroatoms. The third kappa shape index (κ3) is 4.20. The smallest absolute Gasteiger partial charge is 0.543 e. The molecular formula is C11H6ClFKN3O2. The Morgan fingerprint density at radius 3 is 2.63 bits per heavy atom. The minimum absolute atomic E-state index is 0. The second-order valence-corrected chi connectivity index (χ2v) is 3.70. The Kier molecular flexibility index (Phi) is 6.31. The van der Waals surface area contributed by atoms with Crippen LogP contribution in [-0.4, -0.2) is 15.9 Å². The number of carboxylic acids is 1. The predicted octanol–water partition coefficient (Wildman–Crippen LogP) is -1.62. The van der Waals surface area contributed by atoms with Crippen molar-refractivity contribution in [3.63, 3.8) is 0 Å². The fraction of sp³-hybridized carbons (Fsp3) is 0. The number of rotatable bonds is 3. The van der Waals surface area contributed by atoms with Crippen molar-refractivity contribution in [3.05, 3.63) is 47.1 Å². The molecule has 1 N–H and O–H groups in total. The largest absolute Gasteiger partial charge is 1.00 e. The molecule has 0 spiro atoms. The van der Waals surface area contributed by atoms with Crippen LogP contribution < -0.4 is 61.8 Å². The standard InChI is InChI=1S/C11H7ClFN3O2.K/c12-7-5-6(1-2-8(7)13)16-10-9(11(17)18)14-3-4-15-10;/h1-5H,(H,15,16)(H,17,18);/q;+1/p-1. The van der Waals surface area contributed by atoms with E-state index < -0.39 is 11.8 Å². The van der Waals surface area contributed by atoms with Gasteiger partial charge in [0.2, 0.25) is 0 Å². The first-order valence-corrected chi connectivity index (χ1v) is 5.20. The van der Waals surface area contributed by atoms with Crippen molar-refractivity contribution in [2.45, 2.75) is 0 Å². The van der Waals surface area contributed by atoms with E-state index in [0.29, 0.717) is 5.69 Å². The normalized spacial score (nSPS) is 9.58. The van der Waals surface area contributed by atoms with Crippen LogP contribution in [0.3, 0.4) is 0 Å². The van der Waals surface area contributed by atoms with Crippen LogP contribution in [0.2, 0.25) is 5.02 Å². The Hall–Kier alpha value is -0.574. The third-order valence-electron chi connectivity index (χ3n) is 2.07. The minimum atomic E-state index is -1.46. The van der Waals surface area contributed by atoms with E-state index in [1.807, 2.05) is 0 Å². The predicted molar refractivity (Wildman–Crippen MR) is 61.1 cm³/mol. The number of hydrogen-bond donors (Lipinski definition) is 1. The average Bonchev–Trinajstić information content (AvgIpc) is 2.34. The summed E-state index contributed by atoms with van der Waals surface area (Å²) in [5.74, 6) is -2.03. The molecule has 0 saturated carbocycles. The maximum Gasteiger partial charge on any atom is 1.00 e. The number of carbonyl (C=O) groups excluding carboxylic acids is 1. The fourth-order valence-electron chi connectivity index (χ4n) is 1.29. The zero-order valence-corrected chi connectivity index (χ0v) is 13.7. The molecule has 0 atom stereocenters. The van der Waals surface area contributed by atoms with Crippen LogP contribution in [0.25, 0.3) is 0 Å². The number of nitrogens with zero attached hydrogens (tertiary/aromatic N) is 2. The molecule has 0 radical (unpaired) electrons. The molecule has 1 heterocycles. The van der Waals surface area contributed by atoms with E-state index in [1.165, 1.54) is 24.5 Å². The van der Waals surface area contributed by atoms with Crippen LogP contribution in [0.4, 0.5) is 15.9 Å². The fourth-order valence-corrected chi connectivity index (χ4v) is 1.47. The zero-order chi connectivity index (χ0) is 13.1. The number of aromatic nitrogens is 2. The van der Waals surface area contributed by atoms with Crippen molar-refractivity contribution < 1.29 is 65.7 Å². The van der Waals surface area contributed by atoms with E-state index in [2.05, 4.69) is 15.3 Å². The topological polar surface area (TPSA) is 77.9 Å². The number of aromatic carboxylic acids is 1. The monoisotopic (exact) mass is 305 g/mol. The van der Waals surface area contributed by atoms with Crippen LogP contribution >= 0.6 is 11.6 Å². The van der Waals surface area contributed by atoms with Gasteiger partial charge in [-0.05, 0) is 18.2 Å². The minimum Gasteiger partial charge on any atom is -0.543 e. The van der Waals surface area contributed by atoms with Crippen molar-refractivity contribution in [2.75, 3.05) is 5.32 Å². The van der Waals surface area contributed by atoms with E-state index in [0.717, 1.165) is 6.07 Å². The molecule has 0 aliphatic carbocycles. The van der Waals surface area contributed by atoms with Crippen LogP contribution in [-0.2, 0) is 0 Å². The maximum absolute atomic E-state index is 13.0. The van der Waals surface area contributed by atoms with Crippen LogP contribution in [0.5, 0.6) is 0 Å². The Morgan fingerprint density at radius 2 is 2.00 bits per heavy atom. The van der Waals surface area contributed by atoms with Crippen molar-refractivity contribution >= 4 is 29.1 Å². The molecular weight excluding hydrogens is 300 g/mol. The summed E-state index contributed by atoms with van der Waals surface area (Å²) in [5.41, 5.74) is 0.0577. The second-order valence-electron chi connectivity index (χ2n) is 3.29. The van der Waals surface area contributed by atoms with Crippen LogP contribution in [0.1, 0.15) is 10.5 Å². The van der Waals surface area contributed by atoms with Gasteiger partial charge >= 0.3 is 51.4 Å². The van der Waals surface area contributed by atoms with E-state index in [-0.39, 0.29) is 67.9 Å². The maximum atomic E-state index is 13.0. The first-order chi connectivity index (χ1) is 8.58. The first kappa shape index (κ1) is 16.5. The Labute approximate surface area is 155 Å². The van der Waals surface area contributed by atoms with Gasteiger partial charge in [0.1, 0.15) is 11.5 Å². The number of carboxylic acid groups (broad SMARTS) is 1. The number of carbonyl (C=O) groups is 1. The zero-order valence-electron chi connectivity index (χ0n) is 9.85. The summed E-state index contributed by atoms with van der Waals surface area (Å²) in [6, 6.07) is 3.86. The van der Waals surface area contributed by atoms with Gasteiger partial charge in [0.15, 0.2) is 5.82 Å². The molecule has 0 aliphatic heterocycles. The van der Waals surface area contributed by atoms with Gasteiger partial charge in [-0.2, -0.15) is 0 Å². The Bertz CT molecular complexity index is 612. The summed E-state index contributed by atoms with van der Waals surface area (Å²) in [7, 11) is 0. The summed E-state index contributed by atoms with van der Waals surface area (Å²) in [4.78, 5) is 18.2. The number of anilines is 2. The summed E-state index contributed by atoms with van der Waals surface area (Å²) >= 11 is 5.60. The quantitative estimate of drug-likeness (QED) is 0.690. The van der Waals surface area contributed by atoms with E-state index in [4.69, 9.17) is 11.6 Å². The summed E-state index contributed by atoms with van der Waals surface area (Å²) < 4.78 is 13.0. The molecule has 1 aromatic heterocycles. The van der Waals surface area contributed by atoms with Gasteiger partial charge in [-0.1, -0.05) is 11.6 Å². The van der Waals surface area contributed by atoms with E-state index >= 15 is 0 Å². The molecule has 0 bridgehead atoms. The molecule has 2 aromatic rings. The molecule has 0 unspecified atom stereocenters. The summed E-state index contributed by atoms with van der Waals surface area (Å²) in [6.45, 7) is 0. The van der Waals surface area contributed by atoms with Gasteiger partial charge in [-0.15, -0.1) is 0 Å². The molecule has 0 aliphatic rings. The molecule has 2 rings (SSSR count). The molecule has 0 amide bonds.